The standard InChI is InChI=1S/C17H18ClF3N4O/c1-11-14-3-2-6-24(14)7-8-25(11)15(26)4-5-22-16-13(18)9-12(10-23-16)17(19,20)21/h2-3,6,9-11H,4-5,7-8H2,1H3,(H,22,23)/t11-/m0/s1. The number of halogens is 4. The van der Waals surface area contributed by atoms with Crippen molar-refractivity contribution in [1.82, 2.24) is 14.5 Å². The fourth-order valence-corrected chi connectivity index (χ4v) is 3.31. The number of alkyl halides is 3. The van der Waals surface area contributed by atoms with Gasteiger partial charge in [-0.05, 0) is 25.1 Å². The molecule has 2 aromatic rings. The van der Waals surface area contributed by atoms with Crippen molar-refractivity contribution in [3.8, 4) is 0 Å². The summed E-state index contributed by atoms with van der Waals surface area (Å²) >= 11 is 5.84. The molecule has 3 rings (SSSR count). The van der Waals surface area contributed by atoms with E-state index in [-0.39, 0.29) is 35.8 Å². The van der Waals surface area contributed by atoms with Gasteiger partial charge in [0.2, 0.25) is 5.91 Å². The maximum Gasteiger partial charge on any atom is 0.417 e. The Labute approximate surface area is 153 Å². The Morgan fingerprint density at radius 1 is 1.42 bits per heavy atom. The summed E-state index contributed by atoms with van der Waals surface area (Å²) in [4.78, 5) is 18.0. The molecule has 0 fully saturated rings. The summed E-state index contributed by atoms with van der Waals surface area (Å²) in [6, 6.07) is 4.76. The zero-order chi connectivity index (χ0) is 18.9. The Morgan fingerprint density at radius 2 is 2.19 bits per heavy atom. The van der Waals surface area contributed by atoms with Crippen molar-refractivity contribution in [2.45, 2.75) is 32.1 Å². The number of nitrogens with zero attached hydrogens (tertiary/aromatic N) is 3. The monoisotopic (exact) mass is 386 g/mol. The second-order valence-corrected chi connectivity index (χ2v) is 6.53. The Balaban J connectivity index is 1.56. The van der Waals surface area contributed by atoms with Crippen LogP contribution >= 0.6 is 11.6 Å². The molecule has 26 heavy (non-hydrogen) atoms. The van der Waals surface area contributed by atoms with E-state index in [9.17, 15) is 18.0 Å². The van der Waals surface area contributed by atoms with Crippen molar-refractivity contribution in [2.75, 3.05) is 18.4 Å². The van der Waals surface area contributed by atoms with E-state index in [1.54, 1.807) is 4.90 Å². The van der Waals surface area contributed by atoms with Crippen molar-refractivity contribution in [1.29, 1.82) is 0 Å². The van der Waals surface area contributed by atoms with Gasteiger partial charge in [-0.15, -0.1) is 0 Å². The first-order valence-corrected chi connectivity index (χ1v) is 8.56. The van der Waals surface area contributed by atoms with Gasteiger partial charge in [0, 0.05) is 44.1 Å². The Hall–Kier alpha value is -2.22. The molecule has 3 heterocycles. The SMILES string of the molecule is C[C@H]1c2cccn2CCN1C(=O)CCNc1ncc(C(F)(F)F)cc1Cl. The minimum absolute atomic E-state index is 0.0148. The summed E-state index contributed by atoms with van der Waals surface area (Å²) < 4.78 is 40.0. The molecule has 0 saturated heterocycles. The number of aromatic nitrogens is 2. The lowest BCUT2D eigenvalue weighted by Gasteiger charge is -2.35. The Bertz CT molecular complexity index is 806. The zero-order valence-corrected chi connectivity index (χ0v) is 14.8. The minimum Gasteiger partial charge on any atom is -0.368 e. The number of fused-ring (bicyclic) bond motifs is 1. The molecular weight excluding hydrogens is 369 g/mol. The first kappa shape index (κ1) is 18.6. The minimum atomic E-state index is -4.49. The van der Waals surface area contributed by atoms with Crippen LogP contribution in [0.1, 0.15) is 30.6 Å². The normalized spacial score (nSPS) is 17.1. The third kappa shape index (κ3) is 3.80. The summed E-state index contributed by atoms with van der Waals surface area (Å²) in [5.41, 5.74) is 0.180. The predicted molar refractivity (Wildman–Crippen MR) is 91.9 cm³/mol. The second-order valence-electron chi connectivity index (χ2n) is 6.12. The quantitative estimate of drug-likeness (QED) is 0.865. The van der Waals surface area contributed by atoms with Gasteiger partial charge >= 0.3 is 6.18 Å². The highest BCUT2D eigenvalue weighted by molar-refractivity contribution is 6.32. The molecule has 1 atom stereocenters. The fourth-order valence-electron chi connectivity index (χ4n) is 3.07. The van der Waals surface area contributed by atoms with E-state index in [4.69, 9.17) is 11.6 Å². The van der Waals surface area contributed by atoms with Gasteiger partial charge in [0.1, 0.15) is 5.82 Å². The van der Waals surface area contributed by atoms with Crippen LogP contribution in [0.2, 0.25) is 5.02 Å². The van der Waals surface area contributed by atoms with Gasteiger partial charge in [-0.1, -0.05) is 11.6 Å². The number of anilines is 1. The van der Waals surface area contributed by atoms with Crippen molar-refractivity contribution < 1.29 is 18.0 Å². The maximum absolute atomic E-state index is 12.6. The molecule has 0 aromatic carbocycles. The largest absolute Gasteiger partial charge is 0.417 e. The van der Waals surface area contributed by atoms with Crippen molar-refractivity contribution in [3.05, 3.63) is 46.9 Å². The second kappa shape index (κ2) is 7.19. The zero-order valence-electron chi connectivity index (χ0n) is 14.1. The average Bonchev–Trinajstić information content (AvgIpc) is 3.05. The van der Waals surface area contributed by atoms with E-state index >= 15 is 0 Å². The summed E-state index contributed by atoms with van der Waals surface area (Å²) in [5.74, 6) is 0.105. The molecule has 1 amide bonds. The van der Waals surface area contributed by atoms with Crippen LogP contribution < -0.4 is 5.32 Å². The van der Waals surface area contributed by atoms with Gasteiger partial charge in [0.05, 0.1) is 16.6 Å². The van der Waals surface area contributed by atoms with Crippen LogP contribution in [-0.4, -0.2) is 33.4 Å². The molecule has 1 N–H and O–H groups in total. The Morgan fingerprint density at radius 3 is 2.88 bits per heavy atom. The maximum atomic E-state index is 12.6. The van der Waals surface area contributed by atoms with Gasteiger partial charge in [-0.3, -0.25) is 4.79 Å². The average molecular weight is 387 g/mol. The summed E-state index contributed by atoms with van der Waals surface area (Å²) in [6.07, 6.45) is -1.58. The first-order chi connectivity index (χ1) is 12.3. The van der Waals surface area contributed by atoms with Gasteiger partial charge in [-0.2, -0.15) is 13.2 Å². The number of carbonyl (C=O) groups excluding carboxylic acids is 1. The smallest absolute Gasteiger partial charge is 0.368 e. The predicted octanol–water partition coefficient (Wildman–Crippen LogP) is 3.96. The molecule has 140 valence electrons. The molecule has 1 aliphatic rings. The van der Waals surface area contributed by atoms with Gasteiger partial charge in [0.15, 0.2) is 0 Å². The van der Waals surface area contributed by atoms with Gasteiger partial charge in [0.25, 0.3) is 0 Å². The van der Waals surface area contributed by atoms with E-state index in [2.05, 4.69) is 14.9 Å². The van der Waals surface area contributed by atoms with Crippen LogP contribution in [0.3, 0.4) is 0 Å². The highest BCUT2D eigenvalue weighted by atomic mass is 35.5. The van der Waals surface area contributed by atoms with Crippen LogP contribution in [0.4, 0.5) is 19.0 Å². The number of hydrogen-bond acceptors (Lipinski definition) is 3. The number of nitrogens with one attached hydrogen (secondary N) is 1. The number of amides is 1. The van der Waals surface area contributed by atoms with E-state index in [1.165, 1.54) is 0 Å². The molecule has 9 heteroatoms. The Kier molecular flexibility index (Phi) is 5.13. The van der Waals surface area contributed by atoms with Crippen LogP contribution in [0.25, 0.3) is 0 Å². The number of carbonyl (C=O) groups is 1. The molecule has 5 nitrogen and oxygen atoms in total. The van der Waals surface area contributed by atoms with Crippen LogP contribution in [0.5, 0.6) is 0 Å². The van der Waals surface area contributed by atoms with E-state index < -0.39 is 11.7 Å². The summed E-state index contributed by atoms with van der Waals surface area (Å²) in [7, 11) is 0. The van der Waals surface area contributed by atoms with Crippen molar-refractivity contribution >= 4 is 23.3 Å². The van der Waals surface area contributed by atoms with E-state index in [0.717, 1.165) is 24.5 Å². The number of hydrogen-bond donors (Lipinski definition) is 1. The third-order valence-electron chi connectivity index (χ3n) is 4.46. The van der Waals surface area contributed by atoms with Gasteiger partial charge < -0.3 is 14.8 Å². The highest BCUT2D eigenvalue weighted by Gasteiger charge is 2.31. The molecule has 0 saturated carbocycles. The first-order valence-electron chi connectivity index (χ1n) is 8.18. The lowest BCUT2D eigenvalue weighted by Crippen LogP contribution is -2.41. The highest BCUT2D eigenvalue weighted by Crippen LogP contribution is 2.32. The van der Waals surface area contributed by atoms with Crippen LogP contribution in [0.15, 0.2) is 30.6 Å². The number of pyridine rings is 1. The molecule has 0 aliphatic carbocycles. The van der Waals surface area contributed by atoms with Crippen molar-refractivity contribution in [2.24, 2.45) is 0 Å². The summed E-state index contributed by atoms with van der Waals surface area (Å²) in [5, 5.41) is 2.70. The molecule has 0 bridgehead atoms. The lowest BCUT2D eigenvalue weighted by atomic mass is 10.1. The third-order valence-corrected chi connectivity index (χ3v) is 4.75. The van der Waals surface area contributed by atoms with Crippen LogP contribution in [-0.2, 0) is 17.5 Å². The van der Waals surface area contributed by atoms with Crippen molar-refractivity contribution in [3.63, 3.8) is 0 Å². The van der Waals surface area contributed by atoms with Crippen LogP contribution in [0, 0.1) is 0 Å². The van der Waals surface area contributed by atoms with E-state index in [1.807, 2.05) is 25.3 Å². The molecule has 2 aromatic heterocycles. The van der Waals surface area contributed by atoms with E-state index in [0.29, 0.717) is 6.54 Å². The molecule has 0 unspecified atom stereocenters. The van der Waals surface area contributed by atoms with Gasteiger partial charge in [-0.25, -0.2) is 4.98 Å². The summed E-state index contributed by atoms with van der Waals surface area (Å²) in [6.45, 7) is 3.59. The molecular formula is C17H18ClF3N4O. The number of rotatable bonds is 4. The molecule has 1 aliphatic heterocycles. The topological polar surface area (TPSA) is 50.2 Å². The molecule has 0 spiro atoms. The fraction of sp³-hybridized carbons (Fsp3) is 0.412. The molecule has 0 radical (unpaired) electrons. The lowest BCUT2D eigenvalue weighted by molar-refractivity contribution is -0.138.